The summed E-state index contributed by atoms with van der Waals surface area (Å²) in [6, 6.07) is 8.36. The highest BCUT2D eigenvalue weighted by Crippen LogP contribution is 2.47. The van der Waals surface area contributed by atoms with E-state index < -0.39 is 29.8 Å². The van der Waals surface area contributed by atoms with E-state index in [2.05, 4.69) is 5.32 Å². The summed E-state index contributed by atoms with van der Waals surface area (Å²) in [5, 5.41) is 14.3. The van der Waals surface area contributed by atoms with E-state index in [9.17, 15) is 18.7 Å². The quantitative estimate of drug-likeness (QED) is 0.810. The Morgan fingerprint density at radius 1 is 1.33 bits per heavy atom. The molecule has 0 spiro atoms. The first kappa shape index (κ1) is 17.3. The monoisotopic (exact) mass is 339 g/mol. The van der Waals surface area contributed by atoms with Crippen LogP contribution < -0.4 is 5.32 Å². The zero-order valence-electron chi connectivity index (χ0n) is 13.5. The molecule has 0 aromatic heterocycles. The van der Waals surface area contributed by atoms with Crippen molar-refractivity contribution in [3.63, 3.8) is 0 Å². The Bertz CT molecular complexity index is 575. The van der Waals surface area contributed by atoms with Crippen molar-refractivity contribution >= 4 is 5.97 Å². The van der Waals surface area contributed by atoms with Gasteiger partial charge in [0.2, 0.25) is 5.92 Å². The van der Waals surface area contributed by atoms with Crippen LogP contribution in [-0.4, -0.2) is 36.2 Å². The van der Waals surface area contributed by atoms with Gasteiger partial charge in [-0.15, -0.1) is 0 Å². The molecule has 2 N–H and O–H groups in total. The summed E-state index contributed by atoms with van der Waals surface area (Å²) >= 11 is 0. The lowest BCUT2D eigenvalue weighted by Crippen LogP contribution is -2.45. The molecule has 4 nitrogen and oxygen atoms in total. The Morgan fingerprint density at radius 2 is 2.08 bits per heavy atom. The molecule has 1 heterocycles. The molecule has 1 aliphatic heterocycles. The van der Waals surface area contributed by atoms with Crippen LogP contribution in [0.1, 0.15) is 37.7 Å². The zero-order chi connectivity index (χ0) is 17.2. The van der Waals surface area contributed by atoms with Crippen molar-refractivity contribution < 1.29 is 23.4 Å². The molecule has 2 fully saturated rings. The van der Waals surface area contributed by atoms with Crippen LogP contribution in [0, 0.1) is 5.92 Å². The Balaban J connectivity index is 1.80. The summed E-state index contributed by atoms with van der Waals surface area (Å²) in [6.45, 7) is 1.02. The fourth-order valence-electron chi connectivity index (χ4n) is 3.70. The molecule has 1 saturated carbocycles. The van der Waals surface area contributed by atoms with E-state index in [1.165, 1.54) is 0 Å². The number of halogens is 2. The molecule has 1 aromatic rings. The van der Waals surface area contributed by atoms with E-state index in [-0.39, 0.29) is 25.5 Å². The molecule has 2 aliphatic rings. The van der Waals surface area contributed by atoms with Gasteiger partial charge in [0.25, 0.3) is 0 Å². The minimum atomic E-state index is -2.85. The number of nitrogens with one attached hydrogen (secondary N) is 1. The first-order valence-corrected chi connectivity index (χ1v) is 8.48. The lowest BCUT2D eigenvalue weighted by molar-refractivity contribution is -0.175. The SMILES string of the molecule is O=C(OCC1CCCN1)C(O)(c1ccccc1)C1CCC(F)(F)C1. The van der Waals surface area contributed by atoms with Crippen LogP contribution in [0.25, 0.3) is 0 Å². The van der Waals surface area contributed by atoms with Gasteiger partial charge in [0.1, 0.15) is 6.61 Å². The van der Waals surface area contributed by atoms with E-state index in [1.54, 1.807) is 30.3 Å². The predicted molar refractivity (Wildman–Crippen MR) is 84.6 cm³/mol. The van der Waals surface area contributed by atoms with Crippen LogP contribution in [0.3, 0.4) is 0 Å². The molecular weight excluding hydrogens is 316 g/mol. The molecule has 3 unspecified atom stereocenters. The smallest absolute Gasteiger partial charge is 0.343 e. The van der Waals surface area contributed by atoms with E-state index in [0.717, 1.165) is 19.4 Å². The first-order valence-electron chi connectivity index (χ1n) is 8.48. The van der Waals surface area contributed by atoms with Gasteiger partial charge in [-0.25, -0.2) is 13.6 Å². The molecule has 0 amide bonds. The van der Waals surface area contributed by atoms with Gasteiger partial charge < -0.3 is 15.2 Å². The maximum absolute atomic E-state index is 13.7. The molecule has 3 rings (SSSR count). The van der Waals surface area contributed by atoms with Crippen LogP contribution in [0.5, 0.6) is 0 Å². The maximum Gasteiger partial charge on any atom is 0.343 e. The third kappa shape index (κ3) is 3.44. The molecule has 1 aromatic carbocycles. The Kier molecular flexibility index (Phi) is 4.88. The lowest BCUT2D eigenvalue weighted by Gasteiger charge is -2.32. The van der Waals surface area contributed by atoms with Crippen LogP contribution in [0.2, 0.25) is 0 Å². The van der Waals surface area contributed by atoms with E-state index in [4.69, 9.17) is 4.74 Å². The van der Waals surface area contributed by atoms with Gasteiger partial charge in [0.15, 0.2) is 5.60 Å². The fraction of sp³-hybridized carbons (Fsp3) is 0.611. The highest BCUT2D eigenvalue weighted by Gasteiger charge is 2.54. The van der Waals surface area contributed by atoms with Crippen LogP contribution >= 0.6 is 0 Å². The number of rotatable bonds is 5. The molecular formula is C18H23F2NO3. The number of alkyl halides is 2. The summed E-state index contributed by atoms with van der Waals surface area (Å²) in [5.74, 6) is -4.52. The topological polar surface area (TPSA) is 58.6 Å². The average molecular weight is 339 g/mol. The highest BCUT2D eigenvalue weighted by molar-refractivity contribution is 5.81. The van der Waals surface area contributed by atoms with Crippen molar-refractivity contribution in [2.75, 3.05) is 13.2 Å². The fourth-order valence-corrected chi connectivity index (χ4v) is 3.70. The summed E-state index contributed by atoms with van der Waals surface area (Å²) in [6.07, 6.45) is 1.19. The molecule has 6 heteroatoms. The summed E-state index contributed by atoms with van der Waals surface area (Å²) in [7, 11) is 0. The van der Waals surface area contributed by atoms with Gasteiger partial charge in [-0.05, 0) is 31.4 Å². The molecule has 24 heavy (non-hydrogen) atoms. The Labute approximate surface area is 140 Å². The number of benzene rings is 1. The average Bonchev–Trinajstić information content (AvgIpc) is 3.22. The van der Waals surface area contributed by atoms with Crippen molar-refractivity contribution in [1.29, 1.82) is 0 Å². The number of aliphatic hydroxyl groups is 1. The van der Waals surface area contributed by atoms with Gasteiger partial charge in [-0.2, -0.15) is 0 Å². The molecule has 132 valence electrons. The second-order valence-electron chi connectivity index (χ2n) is 6.82. The Hall–Kier alpha value is -1.53. The number of ether oxygens (including phenoxy) is 1. The number of esters is 1. The lowest BCUT2D eigenvalue weighted by atomic mass is 9.80. The van der Waals surface area contributed by atoms with Gasteiger partial charge >= 0.3 is 5.97 Å². The predicted octanol–water partition coefficient (Wildman–Crippen LogP) is 2.60. The largest absolute Gasteiger partial charge is 0.462 e. The second kappa shape index (κ2) is 6.76. The number of hydrogen-bond acceptors (Lipinski definition) is 4. The van der Waals surface area contributed by atoms with Crippen LogP contribution in [0.4, 0.5) is 8.78 Å². The van der Waals surface area contributed by atoms with Crippen molar-refractivity contribution in [1.82, 2.24) is 5.32 Å². The summed E-state index contributed by atoms with van der Waals surface area (Å²) in [4.78, 5) is 12.7. The van der Waals surface area contributed by atoms with Crippen molar-refractivity contribution in [3.8, 4) is 0 Å². The van der Waals surface area contributed by atoms with Crippen molar-refractivity contribution in [3.05, 3.63) is 35.9 Å². The standard InChI is InChI=1S/C18H23F2NO3/c19-17(20)9-8-14(11-17)18(23,13-5-2-1-3-6-13)16(22)24-12-15-7-4-10-21-15/h1-3,5-6,14-15,21,23H,4,7-12H2. The molecule has 3 atom stereocenters. The minimum absolute atomic E-state index is 0.0685. The van der Waals surface area contributed by atoms with E-state index >= 15 is 0 Å². The van der Waals surface area contributed by atoms with Crippen molar-refractivity contribution in [2.24, 2.45) is 5.92 Å². The number of carbonyl (C=O) groups excluding carboxylic acids is 1. The van der Waals surface area contributed by atoms with Crippen molar-refractivity contribution in [2.45, 2.75) is 49.7 Å². The summed E-state index contributed by atoms with van der Waals surface area (Å²) < 4.78 is 32.7. The maximum atomic E-state index is 13.7. The molecule has 1 saturated heterocycles. The minimum Gasteiger partial charge on any atom is -0.462 e. The normalized spacial score (nSPS) is 28.5. The molecule has 0 radical (unpaired) electrons. The van der Waals surface area contributed by atoms with Crippen LogP contribution in [0.15, 0.2) is 30.3 Å². The number of carbonyl (C=O) groups is 1. The number of hydrogen-bond donors (Lipinski definition) is 2. The zero-order valence-corrected chi connectivity index (χ0v) is 13.5. The summed E-state index contributed by atoms with van der Waals surface area (Å²) in [5.41, 5.74) is -1.71. The molecule has 1 aliphatic carbocycles. The third-order valence-corrected chi connectivity index (χ3v) is 5.10. The first-order chi connectivity index (χ1) is 11.4. The van der Waals surface area contributed by atoms with E-state index in [0.29, 0.717) is 5.56 Å². The van der Waals surface area contributed by atoms with Gasteiger partial charge in [-0.3, -0.25) is 0 Å². The van der Waals surface area contributed by atoms with Crippen LogP contribution in [-0.2, 0) is 15.1 Å². The third-order valence-electron chi connectivity index (χ3n) is 5.10. The van der Waals surface area contributed by atoms with Gasteiger partial charge in [-0.1, -0.05) is 30.3 Å². The van der Waals surface area contributed by atoms with Gasteiger partial charge in [0, 0.05) is 24.8 Å². The van der Waals surface area contributed by atoms with Gasteiger partial charge in [0.05, 0.1) is 0 Å². The molecule has 0 bridgehead atoms. The second-order valence-corrected chi connectivity index (χ2v) is 6.82. The highest BCUT2D eigenvalue weighted by atomic mass is 19.3. The van der Waals surface area contributed by atoms with E-state index in [1.807, 2.05) is 0 Å². The Morgan fingerprint density at radius 3 is 2.67 bits per heavy atom.